The molecular formula is C20H15F3N2O5S2. The minimum absolute atomic E-state index is 0.0296. The number of esters is 1. The summed E-state index contributed by atoms with van der Waals surface area (Å²) >= 11 is 0.981. The van der Waals surface area contributed by atoms with E-state index in [-0.39, 0.29) is 15.5 Å². The third kappa shape index (κ3) is 5.08. The predicted molar refractivity (Wildman–Crippen MR) is 111 cm³/mol. The van der Waals surface area contributed by atoms with Crippen molar-refractivity contribution in [1.29, 1.82) is 0 Å². The Balaban J connectivity index is 1.73. The molecule has 168 valence electrons. The van der Waals surface area contributed by atoms with E-state index >= 15 is 0 Å². The minimum atomic E-state index is -3.95. The molecule has 1 atom stereocenters. The van der Waals surface area contributed by atoms with Gasteiger partial charge in [0.05, 0.1) is 16.9 Å². The van der Waals surface area contributed by atoms with Gasteiger partial charge in [0.1, 0.15) is 4.21 Å². The van der Waals surface area contributed by atoms with Crippen LogP contribution in [0.15, 0.2) is 58.1 Å². The van der Waals surface area contributed by atoms with Gasteiger partial charge in [0, 0.05) is 0 Å². The van der Waals surface area contributed by atoms with Crippen molar-refractivity contribution in [3.05, 3.63) is 76.9 Å². The normalized spacial score (nSPS) is 12.1. The number of thiophene rings is 1. The maximum atomic E-state index is 13.7. The summed E-state index contributed by atoms with van der Waals surface area (Å²) < 4.78 is 72.3. The van der Waals surface area contributed by atoms with Gasteiger partial charge in [-0.3, -0.25) is 9.52 Å². The van der Waals surface area contributed by atoms with Crippen LogP contribution in [0.5, 0.6) is 0 Å². The van der Waals surface area contributed by atoms with E-state index in [1.807, 2.05) is 5.32 Å². The monoisotopic (exact) mass is 484 g/mol. The van der Waals surface area contributed by atoms with Crippen LogP contribution in [-0.4, -0.2) is 26.4 Å². The Bertz CT molecular complexity index is 1260. The Labute approximate surface area is 184 Å². The second-order valence-corrected chi connectivity index (χ2v) is 9.20. The maximum absolute atomic E-state index is 13.7. The van der Waals surface area contributed by atoms with Gasteiger partial charge in [-0.15, -0.1) is 11.3 Å². The predicted octanol–water partition coefficient (Wildman–Crippen LogP) is 4.15. The zero-order valence-electron chi connectivity index (χ0n) is 16.3. The molecule has 12 heteroatoms. The average Bonchev–Trinajstić information content (AvgIpc) is 3.30. The lowest BCUT2D eigenvalue weighted by molar-refractivity contribution is -0.123. The number of sulfonamides is 1. The largest absolute Gasteiger partial charge is 0.449 e. The van der Waals surface area contributed by atoms with Crippen LogP contribution in [0, 0.1) is 17.5 Å². The number of anilines is 2. The molecule has 2 N–H and O–H groups in total. The molecule has 1 aromatic heterocycles. The van der Waals surface area contributed by atoms with Gasteiger partial charge >= 0.3 is 5.97 Å². The highest BCUT2D eigenvalue weighted by Crippen LogP contribution is 2.24. The molecule has 7 nitrogen and oxygen atoms in total. The van der Waals surface area contributed by atoms with Crippen LogP contribution in [0.4, 0.5) is 24.5 Å². The summed E-state index contributed by atoms with van der Waals surface area (Å²) in [6.07, 6.45) is -1.48. The molecule has 0 saturated heterocycles. The molecule has 0 radical (unpaired) electrons. The lowest BCUT2D eigenvalue weighted by Crippen LogP contribution is -2.30. The zero-order chi connectivity index (χ0) is 23.5. The van der Waals surface area contributed by atoms with E-state index < -0.39 is 51.1 Å². The number of rotatable bonds is 7. The molecule has 0 bridgehead atoms. The van der Waals surface area contributed by atoms with E-state index in [4.69, 9.17) is 4.74 Å². The molecular weight excluding hydrogens is 469 g/mol. The molecule has 3 rings (SSSR count). The first-order chi connectivity index (χ1) is 15.1. The number of halogens is 3. The summed E-state index contributed by atoms with van der Waals surface area (Å²) in [6.45, 7) is 1.17. The van der Waals surface area contributed by atoms with Gasteiger partial charge in [-0.2, -0.15) is 0 Å². The second kappa shape index (κ2) is 9.40. The van der Waals surface area contributed by atoms with E-state index in [1.165, 1.54) is 37.3 Å². The smallest absolute Gasteiger partial charge is 0.341 e. The standard InChI is InChI=1S/C20H15F3N2O5S2/c1-11(19(26)24-15-9-8-13(21)17(22)18(15)23)30-20(27)12-5-2-3-6-14(12)25-32(28,29)16-7-4-10-31-16/h2-11,25H,1H3,(H,24,26). The topological polar surface area (TPSA) is 102 Å². The maximum Gasteiger partial charge on any atom is 0.341 e. The van der Waals surface area contributed by atoms with E-state index in [0.717, 1.165) is 17.4 Å². The first kappa shape index (κ1) is 23.3. The van der Waals surface area contributed by atoms with Gasteiger partial charge in [0.2, 0.25) is 0 Å². The molecule has 1 amide bonds. The van der Waals surface area contributed by atoms with E-state index in [9.17, 15) is 31.2 Å². The molecule has 0 fully saturated rings. The summed E-state index contributed by atoms with van der Waals surface area (Å²) in [7, 11) is -3.95. The molecule has 0 aliphatic heterocycles. The number of amides is 1. The number of para-hydroxylation sites is 1. The molecule has 0 aliphatic rings. The zero-order valence-corrected chi connectivity index (χ0v) is 17.9. The second-order valence-electron chi connectivity index (χ2n) is 6.34. The van der Waals surface area contributed by atoms with Crippen molar-refractivity contribution >= 4 is 44.6 Å². The summed E-state index contributed by atoms with van der Waals surface area (Å²) in [5.41, 5.74) is -0.891. The first-order valence-corrected chi connectivity index (χ1v) is 11.3. The highest BCUT2D eigenvalue weighted by Gasteiger charge is 2.25. The van der Waals surface area contributed by atoms with E-state index in [2.05, 4.69) is 4.72 Å². The summed E-state index contributed by atoms with van der Waals surface area (Å²) in [5.74, 6) is -6.85. The number of carbonyl (C=O) groups excluding carboxylic acids is 2. The van der Waals surface area contributed by atoms with Crippen LogP contribution in [0.1, 0.15) is 17.3 Å². The lowest BCUT2D eigenvalue weighted by atomic mass is 10.2. The molecule has 3 aromatic rings. The number of hydrogen-bond acceptors (Lipinski definition) is 6. The van der Waals surface area contributed by atoms with Crippen molar-refractivity contribution in [1.82, 2.24) is 0 Å². The van der Waals surface area contributed by atoms with Crippen LogP contribution >= 0.6 is 11.3 Å². The van der Waals surface area contributed by atoms with Crippen molar-refractivity contribution in [2.24, 2.45) is 0 Å². The van der Waals surface area contributed by atoms with Crippen molar-refractivity contribution in [3.63, 3.8) is 0 Å². The Morgan fingerprint density at radius 1 is 0.969 bits per heavy atom. The van der Waals surface area contributed by atoms with Gasteiger partial charge in [-0.25, -0.2) is 26.4 Å². The highest BCUT2D eigenvalue weighted by molar-refractivity contribution is 7.94. The van der Waals surface area contributed by atoms with Crippen LogP contribution in [-0.2, 0) is 19.6 Å². The van der Waals surface area contributed by atoms with Gasteiger partial charge in [-0.05, 0) is 42.6 Å². The van der Waals surface area contributed by atoms with Crippen molar-refractivity contribution in [2.45, 2.75) is 17.2 Å². The molecule has 1 heterocycles. The summed E-state index contributed by atoms with van der Waals surface area (Å²) in [5, 5.41) is 3.57. The highest BCUT2D eigenvalue weighted by atomic mass is 32.2. The SMILES string of the molecule is CC(OC(=O)c1ccccc1NS(=O)(=O)c1cccs1)C(=O)Nc1ccc(F)c(F)c1F. The minimum Gasteiger partial charge on any atom is -0.449 e. The van der Waals surface area contributed by atoms with Crippen LogP contribution in [0.2, 0.25) is 0 Å². The molecule has 0 saturated carbocycles. The van der Waals surface area contributed by atoms with Gasteiger partial charge in [-0.1, -0.05) is 18.2 Å². The Morgan fingerprint density at radius 3 is 2.38 bits per heavy atom. The van der Waals surface area contributed by atoms with Gasteiger partial charge in [0.25, 0.3) is 15.9 Å². The molecule has 0 aliphatic carbocycles. The van der Waals surface area contributed by atoms with Crippen molar-refractivity contribution in [3.8, 4) is 0 Å². The first-order valence-electron chi connectivity index (χ1n) is 8.91. The van der Waals surface area contributed by atoms with Gasteiger partial charge in [0.15, 0.2) is 23.6 Å². The fraction of sp³-hybridized carbons (Fsp3) is 0.100. The fourth-order valence-corrected chi connectivity index (χ4v) is 4.57. The number of hydrogen-bond donors (Lipinski definition) is 2. The van der Waals surface area contributed by atoms with E-state index in [1.54, 1.807) is 11.4 Å². The third-order valence-electron chi connectivity index (χ3n) is 4.10. The molecule has 2 aromatic carbocycles. The van der Waals surface area contributed by atoms with Crippen LogP contribution < -0.4 is 10.0 Å². The average molecular weight is 484 g/mol. The molecule has 1 unspecified atom stereocenters. The molecule has 0 spiro atoms. The van der Waals surface area contributed by atoms with Crippen molar-refractivity contribution in [2.75, 3.05) is 10.0 Å². The number of nitrogens with one attached hydrogen (secondary N) is 2. The Morgan fingerprint density at radius 2 is 1.69 bits per heavy atom. The van der Waals surface area contributed by atoms with Crippen LogP contribution in [0.3, 0.4) is 0 Å². The molecule has 32 heavy (non-hydrogen) atoms. The quantitative estimate of drug-likeness (QED) is 0.388. The Hall–Kier alpha value is -3.38. The fourth-order valence-electron chi connectivity index (χ4n) is 2.50. The summed E-state index contributed by atoms with van der Waals surface area (Å²) in [4.78, 5) is 24.8. The summed E-state index contributed by atoms with van der Waals surface area (Å²) in [6, 6.07) is 9.95. The number of ether oxygens (including phenoxy) is 1. The number of benzene rings is 2. The lowest BCUT2D eigenvalue weighted by Gasteiger charge is -2.16. The van der Waals surface area contributed by atoms with Crippen LogP contribution in [0.25, 0.3) is 0 Å². The van der Waals surface area contributed by atoms with E-state index in [0.29, 0.717) is 6.07 Å². The number of carbonyl (C=O) groups is 2. The Kier molecular flexibility index (Phi) is 6.84. The van der Waals surface area contributed by atoms with Crippen molar-refractivity contribution < 1.29 is 35.9 Å². The third-order valence-corrected chi connectivity index (χ3v) is 6.86. The van der Waals surface area contributed by atoms with Gasteiger partial charge < -0.3 is 10.1 Å².